The van der Waals surface area contributed by atoms with Gasteiger partial charge in [0.1, 0.15) is 11.4 Å². The summed E-state index contributed by atoms with van der Waals surface area (Å²) in [5, 5.41) is 9.70. The molecule has 0 saturated carbocycles. The van der Waals surface area contributed by atoms with E-state index in [0.717, 1.165) is 6.42 Å². The number of hydrogen-bond acceptors (Lipinski definition) is 5. The number of amides is 2. The Kier molecular flexibility index (Phi) is 3.47. The predicted molar refractivity (Wildman–Crippen MR) is 85.5 cm³/mol. The Labute approximate surface area is 139 Å². The highest BCUT2D eigenvalue weighted by atomic mass is 16.5. The maximum absolute atomic E-state index is 12.9. The molecule has 4 rings (SSSR count). The molecule has 3 aliphatic heterocycles. The zero-order valence-corrected chi connectivity index (χ0v) is 13.3. The highest BCUT2D eigenvalue weighted by molar-refractivity contribution is 6.23. The van der Waals surface area contributed by atoms with Crippen LogP contribution in [0.5, 0.6) is 5.75 Å². The van der Waals surface area contributed by atoms with Crippen LogP contribution in [0.1, 0.15) is 13.3 Å². The number of hydrogen-bond donors (Lipinski definition) is 1. The van der Waals surface area contributed by atoms with Crippen LogP contribution in [-0.4, -0.2) is 41.8 Å². The Morgan fingerprint density at radius 1 is 1.25 bits per heavy atom. The van der Waals surface area contributed by atoms with Gasteiger partial charge in [0.15, 0.2) is 0 Å². The van der Waals surface area contributed by atoms with Crippen molar-refractivity contribution in [1.82, 2.24) is 0 Å². The van der Waals surface area contributed by atoms with Gasteiger partial charge in [0.05, 0.1) is 36.8 Å². The number of carbonyl (C=O) groups is 2. The molecule has 1 aromatic rings. The Hall–Kier alpha value is -2.18. The molecule has 126 valence electrons. The van der Waals surface area contributed by atoms with Crippen molar-refractivity contribution >= 4 is 17.5 Å². The number of aliphatic hydroxyl groups excluding tert-OH is 1. The molecular weight excluding hydrogens is 310 g/mol. The molecular formula is C18H19NO5. The van der Waals surface area contributed by atoms with E-state index < -0.39 is 23.5 Å². The van der Waals surface area contributed by atoms with Crippen LogP contribution in [0, 0.1) is 11.8 Å². The molecule has 0 radical (unpaired) electrons. The van der Waals surface area contributed by atoms with E-state index in [0.29, 0.717) is 18.0 Å². The van der Waals surface area contributed by atoms with E-state index in [1.165, 1.54) is 4.90 Å². The van der Waals surface area contributed by atoms with Crippen LogP contribution in [0.4, 0.5) is 5.69 Å². The first kappa shape index (κ1) is 15.4. The molecule has 1 aromatic carbocycles. The van der Waals surface area contributed by atoms with Gasteiger partial charge in [0.25, 0.3) is 0 Å². The molecule has 2 bridgehead atoms. The minimum absolute atomic E-state index is 0.267. The van der Waals surface area contributed by atoms with Crippen LogP contribution in [0.3, 0.4) is 0 Å². The van der Waals surface area contributed by atoms with Gasteiger partial charge in [0.2, 0.25) is 11.8 Å². The smallest absolute Gasteiger partial charge is 0.241 e. The summed E-state index contributed by atoms with van der Waals surface area (Å²) in [5.41, 5.74) is -0.531. The molecule has 1 N–H and O–H groups in total. The average Bonchev–Trinajstić information content (AvgIpc) is 3.25. The monoisotopic (exact) mass is 329 g/mol. The van der Waals surface area contributed by atoms with Gasteiger partial charge in [-0.05, 0) is 30.7 Å². The molecule has 6 heteroatoms. The minimum Gasteiger partial charge on any atom is -0.494 e. The maximum Gasteiger partial charge on any atom is 0.241 e. The van der Waals surface area contributed by atoms with Gasteiger partial charge in [0, 0.05) is 0 Å². The molecule has 3 aliphatic rings. The number of benzene rings is 1. The summed E-state index contributed by atoms with van der Waals surface area (Å²) in [5.74, 6) is -1.08. The third-order valence-electron chi connectivity index (χ3n) is 4.97. The average molecular weight is 329 g/mol. The fourth-order valence-electron chi connectivity index (χ4n) is 3.85. The summed E-state index contributed by atoms with van der Waals surface area (Å²) in [4.78, 5) is 26.9. The van der Waals surface area contributed by atoms with Gasteiger partial charge in [-0.2, -0.15) is 0 Å². The number of aliphatic hydroxyl groups is 1. The van der Waals surface area contributed by atoms with Crippen molar-refractivity contribution in [3.05, 3.63) is 36.4 Å². The van der Waals surface area contributed by atoms with Crippen molar-refractivity contribution in [2.24, 2.45) is 11.8 Å². The second-order valence-corrected chi connectivity index (χ2v) is 6.41. The van der Waals surface area contributed by atoms with E-state index in [9.17, 15) is 14.7 Å². The van der Waals surface area contributed by atoms with Crippen LogP contribution < -0.4 is 9.64 Å². The van der Waals surface area contributed by atoms with Gasteiger partial charge in [-0.3, -0.25) is 9.59 Å². The van der Waals surface area contributed by atoms with Crippen LogP contribution in [0.25, 0.3) is 0 Å². The molecule has 2 saturated heterocycles. The Balaban J connectivity index is 1.62. The molecule has 6 nitrogen and oxygen atoms in total. The number of ether oxygens (including phenoxy) is 2. The first-order chi connectivity index (χ1) is 11.6. The second-order valence-electron chi connectivity index (χ2n) is 6.41. The lowest BCUT2D eigenvalue weighted by Gasteiger charge is -2.26. The molecule has 4 atom stereocenters. The molecule has 0 spiro atoms. The van der Waals surface area contributed by atoms with Crippen LogP contribution in [-0.2, 0) is 14.3 Å². The number of fused-ring (bicyclic) bond motifs is 5. The fourth-order valence-corrected chi connectivity index (χ4v) is 3.85. The third kappa shape index (κ3) is 1.96. The quantitative estimate of drug-likeness (QED) is 0.650. The topological polar surface area (TPSA) is 76.1 Å². The van der Waals surface area contributed by atoms with Gasteiger partial charge < -0.3 is 14.6 Å². The van der Waals surface area contributed by atoms with E-state index in [-0.39, 0.29) is 18.4 Å². The lowest BCUT2D eigenvalue weighted by molar-refractivity contribution is -0.128. The maximum atomic E-state index is 12.9. The van der Waals surface area contributed by atoms with Crippen molar-refractivity contribution < 1.29 is 24.2 Å². The van der Waals surface area contributed by atoms with E-state index >= 15 is 0 Å². The normalized spacial score (nSPS) is 33.4. The SMILES string of the molecule is CCCOc1ccc(N2C(=O)[C@@H]3[C@@H]4C=C[C@@](CO)(O4)[C@@H]3C2=O)cc1. The van der Waals surface area contributed by atoms with Crippen molar-refractivity contribution in [2.75, 3.05) is 18.1 Å². The Morgan fingerprint density at radius 2 is 2.00 bits per heavy atom. The standard InChI is InChI=1S/C18H19NO5/c1-2-9-23-12-5-3-11(4-6-12)19-16(21)14-13-7-8-18(10-20,24-13)15(14)17(19)22/h3-8,13-15,20H,2,9-10H2,1H3/t13-,14+,15-,18-/m0/s1. The zero-order chi connectivity index (χ0) is 16.9. The molecule has 0 aromatic heterocycles. The predicted octanol–water partition coefficient (Wildman–Crippen LogP) is 1.28. The van der Waals surface area contributed by atoms with Crippen molar-refractivity contribution in [2.45, 2.75) is 25.0 Å². The summed E-state index contributed by atoms with van der Waals surface area (Å²) in [6, 6.07) is 6.93. The molecule has 2 amide bonds. The number of rotatable bonds is 5. The molecule has 24 heavy (non-hydrogen) atoms. The third-order valence-corrected chi connectivity index (χ3v) is 4.97. The van der Waals surface area contributed by atoms with Crippen LogP contribution in [0.2, 0.25) is 0 Å². The summed E-state index contributed by atoms with van der Waals surface area (Å²) < 4.78 is 11.2. The summed E-state index contributed by atoms with van der Waals surface area (Å²) >= 11 is 0. The van der Waals surface area contributed by atoms with E-state index in [1.54, 1.807) is 36.4 Å². The number of anilines is 1. The van der Waals surface area contributed by atoms with Gasteiger partial charge in [-0.15, -0.1) is 0 Å². The Bertz CT molecular complexity index is 713. The first-order valence-electron chi connectivity index (χ1n) is 8.20. The second kappa shape index (κ2) is 5.43. The van der Waals surface area contributed by atoms with Crippen LogP contribution >= 0.6 is 0 Å². The number of imide groups is 1. The highest BCUT2D eigenvalue weighted by Crippen LogP contribution is 2.52. The first-order valence-corrected chi connectivity index (χ1v) is 8.20. The van der Waals surface area contributed by atoms with Gasteiger partial charge in [-0.25, -0.2) is 4.90 Å². The number of nitrogens with zero attached hydrogens (tertiary/aromatic N) is 1. The van der Waals surface area contributed by atoms with Crippen molar-refractivity contribution in [3.8, 4) is 5.75 Å². The summed E-state index contributed by atoms with van der Waals surface area (Å²) in [6.45, 7) is 2.34. The van der Waals surface area contributed by atoms with Gasteiger partial charge in [-0.1, -0.05) is 19.1 Å². The molecule has 0 aliphatic carbocycles. The van der Waals surface area contributed by atoms with E-state index in [4.69, 9.17) is 9.47 Å². The van der Waals surface area contributed by atoms with Gasteiger partial charge >= 0.3 is 0 Å². The van der Waals surface area contributed by atoms with Crippen LogP contribution in [0.15, 0.2) is 36.4 Å². The number of carbonyl (C=O) groups excluding carboxylic acids is 2. The lowest BCUT2D eigenvalue weighted by Crippen LogP contribution is -2.43. The molecule has 2 fully saturated rings. The lowest BCUT2D eigenvalue weighted by atomic mass is 9.77. The van der Waals surface area contributed by atoms with Crippen molar-refractivity contribution in [1.29, 1.82) is 0 Å². The van der Waals surface area contributed by atoms with E-state index in [2.05, 4.69) is 0 Å². The Morgan fingerprint density at radius 3 is 2.67 bits per heavy atom. The van der Waals surface area contributed by atoms with Crippen molar-refractivity contribution in [3.63, 3.8) is 0 Å². The molecule has 3 heterocycles. The van der Waals surface area contributed by atoms with E-state index in [1.807, 2.05) is 6.92 Å². The summed E-state index contributed by atoms with van der Waals surface area (Å²) in [7, 11) is 0. The molecule has 0 unspecified atom stereocenters. The zero-order valence-electron chi connectivity index (χ0n) is 13.3. The largest absolute Gasteiger partial charge is 0.494 e. The highest BCUT2D eigenvalue weighted by Gasteiger charge is 2.67. The summed E-state index contributed by atoms with van der Waals surface area (Å²) in [6.07, 6.45) is 3.96. The fraction of sp³-hybridized carbons (Fsp3) is 0.444. The minimum atomic E-state index is -1.05.